The van der Waals surface area contributed by atoms with Gasteiger partial charge in [0.05, 0.1) is 18.8 Å². The number of hydrogen-bond donors (Lipinski definition) is 1. The molecule has 0 radical (unpaired) electrons. The van der Waals surface area contributed by atoms with Crippen molar-refractivity contribution in [2.45, 2.75) is 150 Å². The number of aliphatic hydroxyl groups is 1. The molecule has 0 aliphatic rings. The summed E-state index contributed by atoms with van der Waals surface area (Å²) >= 11 is 0. The van der Waals surface area contributed by atoms with Gasteiger partial charge in [-0.3, -0.25) is 0 Å². The first-order chi connectivity index (χ1) is 13.8. The van der Waals surface area contributed by atoms with E-state index in [1.54, 1.807) is 28.3 Å². The largest absolute Gasteiger partial charge is 0.391 e. The van der Waals surface area contributed by atoms with E-state index in [4.69, 9.17) is 24.1 Å². The Morgan fingerprint density at radius 2 is 1.00 bits per heavy atom. The Morgan fingerprint density at radius 3 is 1.15 bits per heavy atom. The second kappa shape index (κ2) is 76.7. The molecular formula is C29H78O5. The van der Waals surface area contributed by atoms with Crippen molar-refractivity contribution in [2.24, 2.45) is 0 Å². The Bertz CT molecular complexity index is 193. The minimum absolute atomic E-state index is 0. The summed E-state index contributed by atoms with van der Waals surface area (Å²) in [5.41, 5.74) is 0. The van der Waals surface area contributed by atoms with Crippen LogP contribution in [-0.4, -0.2) is 65.1 Å². The van der Waals surface area contributed by atoms with Crippen LogP contribution < -0.4 is 0 Å². The number of hydrogen-bond acceptors (Lipinski definition) is 5. The van der Waals surface area contributed by atoms with Gasteiger partial charge in [0, 0.05) is 41.2 Å². The maximum Gasteiger partial charge on any atom is 0.0745 e. The fourth-order valence-corrected chi connectivity index (χ4v) is 1.16. The first kappa shape index (κ1) is 64.2. The van der Waals surface area contributed by atoms with Crippen LogP contribution in [0, 0.1) is 0 Å². The molecule has 0 saturated heterocycles. The molecule has 0 aromatic carbocycles. The second-order valence-electron chi connectivity index (χ2n) is 6.78. The summed E-state index contributed by atoms with van der Waals surface area (Å²) in [6, 6.07) is 0. The highest BCUT2D eigenvalue weighted by atomic mass is 16.5. The van der Waals surface area contributed by atoms with E-state index in [1.807, 2.05) is 0 Å². The first-order valence-electron chi connectivity index (χ1n) is 11.6. The zero-order chi connectivity index (χ0) is 23.8. The van der Waals surface area contributed by atoms with Crippen molar-refractivity contribution in [1.29, 1.82) is 0 Å². The van der Waals surface area contributed by atoms with E-state index in [0.717, 1.165) is 45.5 Å². The standard InChI is InChI=1S/C7H16O2.2C5H12O.C4H10O.C3H8.5CH4/c1-3-4-5-9-6-7(2)8;1-4-5(2)6-3;1-3-4-5-6-2;1-3-4-5-2;1-3-2;;;;;/h7-8H,3-6H2,1-2H3;5H,4H2,1-3H3;3-5H2,1-2H3;3-4H2,1-2H3;3H2,1-2H3;5*1H4. The van der Waals surface area contributed by atoms with Crippen LogP contribution >= 0.6 is 0 Å². The van der Waals surface area contributed by atoms with Gasteiger partial charge in [0.1, 0.15) is 0 Å². The molecule has 0 aliphatic heterocycles. The summed E-state index contributed by atoms with van der Waals surface area (Å²) in [4.78, 5) is 0. The van der Waals surface area contributed by atoms with Crippen LogP contribution in [0.1, 0.15) is 137 Å². The fourth-order valence-electron chi connectivity index (χ4n) is 1.16. The lowest BCUT2D eigenvalue weighted by Crippen LogP contribution is -2.10. The van der Waals surface area contributed by atoms with Crippen LogP contribution in [0.4, 0.5) is 0 Å². The van der Waals surface area contributed by atoms with Gasteiger partial charge in [0.15, 0.2) is 0 Å². The van der Waals surface area contributed by atoms with E-state index < -0.39 is 0 Å². The van der Waals surface area contributed by atoms with E-state index in [2.05, 4.69) is 48.5 Å². The van der Waals surface area contributed by atoms with Crippen LogP contribution in [0.15, 0.2) is 0 Å². The highest BCUT2D eigenvalue weighted by Crippen LogP contribution is 1.90. The molecule has 224 valence electrons. The van der Waals surface area contributed by atoms with Crippen LogP contribution in [0.25, 0.3) is 0 Å². The predicted octanol–water partition coefficient (Wildman–Crippen LogP) is 9.69. The Morgan fingerprint density at radius 1 is 0.618 bits per heavy atom. The van der Waals surface area contributed by atoms with Gasteiger partial charge in [-0.05, 0) is 39.5 Å². The number of ether oxygens (including phenoxy) is 4. The topological polar surface area (TPSA) is 57.2 Å². The molecule has 5 heteroatoms. The van der Waals surface area contributed by atoms with Gasteiger partial charge in [0.25, 0.3) is 0 Å². The van der Waals surface area contributed by atoms with Gasteiger partial charge in [-0.2, -0.15) is 0 Å². The maximum atomic E-state index is 8.73. The average Bonchev–Trinajstić information content (AvgIpc) is 2.71. The normalized spacial score (nSPS) is 9.53. The summed E-state index contributed by atoms with van der Waals surface area (Å²) in [5.74, 6) is 0. The summed E-state index contributed by atoms with van der Waals surface area (Å²) in [5, 5.41) is 8.73. The van der Waals surface area contributed by atoms with Crippen molar-refractivity contribution < 1.29 is 24.1 Å². The number of aliphatic hydroxyl groups excluding tert-OH is 1. The van der Waals surface area contributed by atoms with E-state index in [-0.39, 0.29) is 43.2 Å². The molecule has 0 amide bonds. The van der Waals surface area contributed by atoms with Crippen molar-refractivity contribution in [3.63, 3.8) is 0 Å². The lowest BCUT2D eigenvalue weighted by molar-refractivity contribution is 0.0450. The van der Waals surface area contributed by atoms with Crippen molar-refractivity contribution in [3.05, 3.63) is 0 Å². The Balaban J connectivity index is -0.0000000264. The van der Waals surface area contributed by atoms with Gasteiger partial charge < -0.3 is 24.1 Å². The SMILES string of the molecule is C.C.C.C.C.CCC.CCC(C)OC.CCCCOC.CCCCOCC(C)O.CCCOC. The molecule has 0 saturated carbocycles. The summed E-state index contributed by atoms with van der Waals surface area (Å²) in [6.45, 7) is 19.5. The number of methoxy groups -OCH3 is 3. The molecule has 0 aromatic rings. The lowest BCUT2D eigenvalue weighted by atomic mass is 10.3. The molecular weight excluding hydrogens is 428 g/mol. The zero-order valence-electron chi connectivity index (χ0n) is 22.0. The van der Waals surface area contributed by atoms with Crippen molar-refractivity contribution in [1.82, 2.24) is 0 Å². The third-order valence-corrected chi connectivity index (χ3v) is 3.09. The number of rotatable bonds is 12. The van der Waals surface area contributed by atoms with Crippen molar-refractivity contribution >= 4 is 0 Å². The first-order valence-corrected chi connectivity index (χ1v) is 11.6. The van der Waals surface area contributed by atoms with Crippen LogP contribution in [0.2, 0.25) is 0 Å². The minimum atomic E-state index is -0.318. The smallest absolute Gasteiger partial charge is 0.0745 e. The van der Waals surface area contributed by atoms with Crippen LogP contribution in [0.3, 0.4) is 0 Å². The molecule has 0 fully saturated rings. The van der Waals surface area contributed by atoms with Gasteiger partial charge in [-0.25, -0.2) is 0 Å². The number of unbranched alkanes of at least 4 members (excludes halogenated alkanes) is 2. The predicted molar refractivity (Wildman–Crippen MR) is 163 cm³/mol. The Kier molecular flexibility index (Phi) is 145. The molecule has 0 spiro atoms. The molecule has 0 aliphatic carbocycles. The van der Waals surface area contributed by atoms with Gasteiger partial charge in [0.2, 0.25) is 0 Å². The molecule has 0 heterocycles. The van der Waals surface area contributed by atoms with E-state index in [9.17, 15) is 0 Å². The molecule has 2 atom stereocenters. The van der Waals surface area contributed by atoms with E-state index in [0.29, 0.717) is 12.7 Å². The quantitative estimate of drug-likeness (QED) is 0.267. The third-order valence-electron chi connectivity index (χ3n) is 3.09. The van der Waals surface area contributed by atoms with Gasteiger partial charge in [-0.1, -0.05) is 97.9 Å². The molecule has 0 bridgehead atoms. The summed E-state index contributed by atoms with van der Waals surface area (Å²) in [6.07, 6.45) is 8.26. The lowest BCUT2D eigenvalue weighted by Gasteiger charge is -2.03. The van der Waals surface area contributed by atoms with E-state index >= 15 is 0 Å². The zero-order valence-corrected chi connectivity index (χ0v) is 22.0. The van der Waals surface area contributed by atoms with Crippen molar-refractivity contribution in [2.75, 3.05) is 47.8 Å². The Hall–Kier alpha value is -0.200. The molecule has 34 heavy (non-hydrogen) atoms. The summed E-state index contributed by atoms with van der Waals surface area (Å²) < 4.78 is 19.5. The monoisotopic (exact) mass is 507 g/mol. The van der Waals surface area contributed by atoms with Crippen molar-refractivity contribution in [3.8, 4) is 0 Å². The molecule has 0 rings (SSSR count). The van der Waals surface area contributed by atoms with Gasteiger partial charge >= 0.3 is 0 Å². The van der Waals surface area contributed by atoms with Gasteiger partial charge in [-0.15, -0.1) is 0 Å². The second-order valence-corrected chi connectivity index (χ2v) is 6.78. The minimum Gasteiger partial charge on any atom is -0.391 e. The highest BCUT2D eigenvalue weighted by molar-refractivity contribution is 4.41. The molecule has 1 N–H and O–H groups in total. The molecule has 5 nitrogen and oxygen atoms in total. The maximum absolute atomic E-state index is 8.73. The van der Waals surface area contributed by atoms with Crippen LogP contribution in [-0.2, 0) is 18.9 Å². The third kappa shape index (κ3) is 138. The molecule has 2 unspecified atom stereocenters. The summed E-state index contributed by atoms with van der Waals surface area (Å²) in [7, 11) is 5.17. The fraction of sp³-hybridized carbons (Fsp3) is 1.00. The highest BCUT2D eigenvalue weighted by Gasteiger charge is 1.92. The average molecular weight is 507 g/mol. The molecule has 0 aromatic heterocycles. The Labute approximate surface area is 221 Å². The van der Waals surface area contributed by atoms with Crippen LogP contribution in [0.5, 0.6) is 0 Å². The van der Waals surface area contributed by atoms with E-state index in [1.165, 1.54) is 19.3 Å².